The van der Waals surface area contributed by atoms with E-state index in [1.165, 1.54) is 0 Å². The molecule has 0 aromatic heterocycles. The van der Waals surface area contributed by atoms with Crippen LogP contribution in [-0.2, 0) is 36.8 Å². The number of nitrogens with two attached hydrogens (primary N) is 1. The molecule has 1 unspecified atom stereocenters. The quantitative estimate of drug-likeness (QED) is 0.183. The number of fused-ring (bicyclic) bond motifs is 1. The van der Waals surface area contributed by atoms with E-state index in [9.17, 15) is 28.8 Å². The van der Waals surface area contributed by atoms with Gasteiger partial charge in [0.2, 0.25) is 17.6 Å². The number of likely N-dealkylation sites (tertiary alicyclic amines) is 1. The van der Waals surface area contributed by atoms with Gasteiger partial charge in [0.15, 0.2) is 0 Å². The minimum absolute atomic E-state index is 0.0290. The van der Waals surface area contributed by atoms with Crippen molar-refractivity contribution in [1.82, 2.24) is 26.2 Å². The van der Waals surface area contributed by atoms with Gasteiger partial charge in [0.25, 0.3) is 5.91 Å². The summed E-state index contributed by atoms with van der Waals surface area (Å²) in [5, 5.41) is 11.4. The number of benzene rings is 1. The first-order valence-corrected chi connectivity index (χ1v) is 18.5. The maximum atomic E-state index is 14.7. The summed E-state index contributed by atoms with van der Waals surface area (Å²) in [6.45, 7) is 13.6. The number of hydrogen-bond donors (Lipinski definition) is 5. The lowest BCUT2D eigenvalue weighted by molar-refractivity contribution is -0.144. The van der Waals surface area contributed by atoms with Crippen LogP contribution in [0.25, 0.3) is 0 Å². The van der Waals surface area contributed by atoms with Crippen LogP contribution in [-0.4, -0.2) is 83.9 Å². The molecule has 2 aliphatic carbocycles. The predicted octanol–water partition coefficient (Wildman–Crippen LogP) is 3.22. The van der Waals surface area contributed by atoms with Crippen LogP contribution in [0.2, 0.25) is 0 Å². The largest absolute Gasteiger partial charge is 0.447 e. The predicted molar refractivity (Wildman–Crippen MR) is 192 cm³/mol. The Hall–Kier alpha value is -4.16. The minimum Gasteiger partial charge on any atom is -0.447 e. The fraction of sp³-hybridized carbons (Fsp3) is 0.684. The SMILES string of the molecule is CC(C)NC(=O)OC[C@@H](NC(=O)N[C@H](C(=O)N1CC[C@H](C(C)C)[C@H]1C(=O)NC(CC1CCC1)C(=O)C(N)=O)C1Cc2ccccc2C1)C(C)(C)C. The van der Waals surface area contributed by atoms with Crippen LogP contribution in [0.3, 0.4) is 0 Å². The molecule has 1 aromatic rings. The number of urea groups is 1. The first-order valence-electron chi connectivity index (χ1n) is 18.5. The fourth-order valence-electron chi connectivity index (χ4n) is 7.49. The van der Waals surface area contributed by atoms with E-state index >= 15 is 0 Å². The molecule has 3 aliphatic rings. The highest BCUT2D eigenvalue weighted by Gasteiger charge is 2.48. The second-order valence-electron chi connectivity index (χ2n) is 16.3. The molecule has 0 bridgehead atoms. The molecule has 2 fully saturated rings. The van der Waals surface area contributed by atoms with E-state index in [4.69, 9.17) is 10.5 Å². The van der Waals surface area contributed by atoms with Crippen LogP contribution in [0.15, 0.2) is 24.3 Å². The maximum absolute atomic E-state index is 14.7. The number of carbonyl (C=O) groups is 6. The molecule has 282 valence electrons. The minimum atomic E-state index is -1.10. The van der Waals surface area contributed by atoms with Crippen molar-refractivity contribution >= 4 is 35.6 Å². The highest BCUT2D eigenvalue weighted by molar-refractivity contribution is 6.37. The third kappa shape index (κ3) is 10.2. The molecule has 13 nitrogen and oxygen atoms in total. The molecule has 51 heavy (non-hydrogen) atoms. The Morgan fingerprint density at radius 3 is 2.04 bits per heavy atom. The molecule has 1 saturated heterocycles. The lowest BCUT2D eigenvalue weighted by Gasteiger charge is -2.36. The Labute approximate surface area is 301 Å². The number of rotatable bonds is 14. The Balaban J connectivity index is 1.59. The van der Waals surface area contributed by atoms with E-state index in [-0.39, 0.29) is 42.2 Å². The van der Waals surface area contributed by atoms with Crippen molar-refractivity contribution in [3.63, 3.8) is 0 Å². The molecule has 0 radical (unpaired) electrons. The number of hydrogen-bond acceptors (Lipinski definition) is 7. The lowest BCUT2D eigenvalue weighted by atomic mass is 9.80. The molecular weight excluding hydrogens is 652 g/mol. The fourth-order valence-corrected chi connectivity index (χ4v) is 7.49. The van der Waals surface area contributed by atoms with Gasteiger partial charge in [-0.3, -0.25) is 19.2 Å². The van der Waals surface area contributed by atoms with E-state index in [1.807, 2.05) is 72.7 Å². The highest BCUT2D eigenvalue weighted by atomic mass is 16.5. The van der Waals surface area contributed by atoms with Crippen LogP contribution in [0.4, 0.5) is 9.59 Å². The number of ketones is 1. The summed E-state index contributed by atoms with van der Waals surface area (Å²) in [7, 11) is 0. The summed E-state index contributed by atoms with van der Waals surface area (Å²) in [5.74, 6) is -3.08. The van der Waals surface area contributed by atoms with E-state index in [2.05, 4.69) is 21.3 Å². The number of nitrogens with zero attached hydrogens (tertiary/aromatic N) is 1. The van der Waals surface area contributed by atoms with Gasteiger partial charge in [-0.25, -0.2) is 9.59 Å². The average Bonchev–Trinajstić information content (AvgIpc) is 3.66. The standard InChI is InChI=1S/C38H58N6O7/c1-21(2)27-15-16-44(31(27)34(47)41-28(32(45)33(39)46)17-23-11-10-12-23)35(48)30(26-18-24-13-8-9-14-25(24)19-26)43-36(49)42-29(38(5,6)7)20-51-37(50)40-22(3)4/h8-9,13-14,21-23,26-31H,10-12,15-20H2,1-7H3,(H2,39,46)(H,40,50)(H,41,47)(H2,42,43,49)/t27-,28?,29-,30+,31+/m1/s1. The zero-order valence-electron chi connectivity index (χ0n) is 31.3. The van der Waals surface area contributed by atoms with Crippen molar-refractivity contribution < 1.29 is 33.5 Å². The summed E-state index contributed by atoms with van der Waals surface area (Å²) < 4.78 is 5.43. The third-order valence-corrected chi connectivity index (χ3v) is 10.8. The molecule has 6 N–H and O–H groups in total. The molecule has 1 saturated carbocycles. The van der Waals surface area contributed by atoms with Gasteiger partial charge >= 0.3 is 12.1 Å². The Bertz CT molecular complexity index is 1430. The Morgan fingerprint density at radius 2 is 1.53 bits per heavy atom. The lowest BCUT2D eigenvalue weighted by Crippen LogP contribution is -2.61. The molecular formula is C38H58N6O7. The van der Waals surface area contributed by atoms with Crippen LogP contribution < -0.4 is 27.0 Å². The normalized spacial score (nSPS) is 20.9. The van der Waals surface area contributed by atoms with Gasteiger partial charge in [-0.1, -0.05) is 78.1 Å². The first-order chi connectivity index (χ1) is 24.0. The zero-order chi connectivity index (χ0) is 37.6. The van der Waals surface area contributed by atoms with Crippen molar-refractivity contribution in [3.05, 3.63) is 35.4 Å². The number of amides is 6. The summed E-state index contributed by atoms with van der Waals surface area (Å²) in [6.07, 6.45) is 4.25. The Morgan fingerprint density at radius 1 is 0.902 bits per heavy atom. The van der Waals surface area contributed by atoms with Crippen molar-refractivity contribution in [2.24, 2.45) is 34.8 Å². The van der Waals surface area contributed by atoms with Crippen molar-refractivity contribution in [2.75, 3.05) is 13.2 Å². The molecule has 1 aromatic carbocycles. The monoisotopic (exact) mass is 710 g/mol. The van der Waals surface area contributed by atoms with Gasteiger partial charge in [0.05, 0.1) is 12.1 Å². The van der Waals surface area contributed by atoms with Crippen molar-refractivity contribution in [1.29, 1.82) is 0 Å². The summed E-state index contributed by atoms with van der Waals surface area (Å²) in [5.41, 5.74) is 7.07. The molecule has 1 heterocycles. The Kier molecular flexibility index (Phi) is 13.1. The molecule has 4 rings (SSSR count). The van der Waals surface area contributed by atoms with Gasteiger partial charge in [0.1, 0.15) is 18.7 Å². The zero-order valence-corrected chi connectivity index (χ0v) is 31.3. The van der Waals surface area contributed by atoms with Gasteiger partial charge in [-0.2, -0.15) is 0 Å². The number of nitrogens with one attached hydrogen (secondary N) is 4. The first kappa shape index (κ1) is 39.6. The summed E-state index contributed by atoms with van der Waals surface area (Å²) in [4.78, 5) is 81.3. The second-order valence-corrected chi connectivity index (χ2v) is 16.3. The van der Waals surface area contributed by atoms with Crippen molar-refractivity contribution in [3.8, 4) is 0 Å². The van der Waals surface area contributed by atoms with Crippen LogP contribution in [0, 0.1) is 29.1 Å². The topological polar surface area (TPSA) is 189 Å². The third-order valence-electron chi connectivity index (χ3n) is 10.8. The summed E-state index contributed by atoms with van der Waals surface area (Å²) >= 11 is 0. The van der Waals surface area contributed by atoms with Crippen LogP contribution in [0.1, 0.15) is 91.7 Å². The van der Waals surface area contributed by atoms with Gasteiger partial charge < -0.3 is 36.6 Å². The van der Waals surface area contributed by atoms with Gasteiger partial charge in [-0.15, -0.1) is 0 Å². The smallest absolute Gasteiger partial charge is 0.407 e. The number of alkyl carbamates (subject to hydrolysis) is 1. The van der Waals surface area contributed by atoms with E-state index in [1.54, 1.807) is 4.90 Å². The molecule has 0 spiro atoms. The maximum Gasteiger partial charge on any atom is 0.407 e. The number of ether oxygens (including phenoxy) is 1. The number of primary amides is 1. The van der Waals surface area contributed by atoms with E-state index in [0.29, 0.717) is 32.2 Å². The van der Waals surface area contributed by atoms with Crippen molar-refractivity contribution in [2.45, 2.75) is 124 Å². The second kappa shape index (κ2) is 16.9. The van der Waals surface area contributed by atoms with Crippen LogP contribution >= 0.6 is 0 Å². The molecule has 1 aliphatic heterocycles. The summed E-state index contributed by atoms with van der Waals surface area (Å²) in [6, 6.07) is 3.68. The van der Waals surface area contributed by atoms with Gasteiger partial charge in [0, 0.05) is 12.6 Å². The van der Waals surface area contributed by atoms with Gasteiger partial charge in [-0.05, 0) is 79.7 Å². The number of Topliss-reactive ketones (excluding diaryl/α,β-unsaturated/α-hetero) is 1. The molecule has 5 atom stereocenters. The van der Waals surface area contributed by atoms with E-state index < -0.39 is 59.3 Å². The molecule has 13 heteroatoms. The number of carbonyl (C=O) groups excluding carboxylic acids is 6. The van der Waals surface area contributed by atoms with Crippen LogP contribution in [0.5, 0.6) is 0 Å². The average molecular weight is 711 g/mol. The molecule has 6 amide bonds. The highest BCUT2D eigenvalue weighted by Crippen LogP contribution is 2.35. The van der Waals surface area contributed by atoms with E-state index in [0.717, 1.165) is 30.4 Å².